The third-order valence-electron chi connectivity index (χ3n) is 4.18. The molecule has 3 unspecified atom stereocenters. The fourth-order valence-corrected chi connectivity index (χ4v) is 2.86. The van der Waals surface area contributed by atoms with Crippen LogP contribution in [-0.4, -0.2) is 11.1 Å². The lowest BCUT2D eigenvalue weighted by atomic mass is 9.77. The van der Waals surface area contributed by atoms with Gasteiger partial charge in [-0.05, 0) is 37.5 Å². The number of carboxylic acids is 1. The standard InChI is InChI=1S/C13H24O2/c1-4-10(3)8-13(12(14)15)7-6-11(5-2)9-13/h10-11H,4-9H2,1-3H3,(H,14,15). The number of carbonyl (C=O) groups is 1. The highest BCUT2D eigenvalue weighted by Gasteiger charge is 2.45. The van der Waals surface area contributed by atoms with Crippen molar-refractivity contribution >= 4 is 5.97 Å². The fraction of sp³-hybridized carbons (Fsp3) is 0.923. The zero-order valence-electron chi connectivity index (χ0n) is 10.3. The van der Waals surface area contributed by atoms with Gasteiger partial charge in [-0.25, -0.2) is 0 Å². The first kappa shape index (κ1) is 12.5. The Balaban J connectivity index is 2.69. The molecule has 0 amide bonds. The lowest BCUT2D eigenvalue weighted by Crippen LogP contribution is -2.30. The largest absolute Gasteiger partial charge is 0.481 e. The second-order valence-electron chi connectivity index (χ2n) is 5.32. The highest BCUT2D eigenvalue weighted by atomic mass is 16.4. The Kier molecular flexibility index (Phi) is 4.18. The van der Waals surface area contributed by atoms with Crippen molar-refractivity contribution in [3.8, 4) is 0 Å². The van der Waals surface area contributed by atoms with Crippen molar-refractivity contribution in [1.29, 1.82) is 0 Å². The smallest absolute Gasteiger partial charge is 0.309 e. The number of hydrogen-bond acceptors (Lipinski definition) is 1. The van der Waals surface area contributed by atoms with Crippen LogP contribution in [0, 0.1) is 17.3 Å². The van der Waals surface area contributed by atoms with E-state index in [1.807, 2.05) is 0 Å². The monoisotopic (exact) mass is 212 g/mol. The summed E-state index contributed by atoms with van der Waals surface area (Å²) in [5.41, 5.74) is -0.393. The molecule has 0 radical (unpaired) electrons. The molecule has 0 bridgehead atoms. The number of carboxylic acid groups (broad SMARTS) is 1. The molecule has 0 saturated heterocycles. The van der Waals surface area contributed by atoms with Crippen molar-refractivity contribution in [1.82, 2.24) is 0 Å². The zero-order valence-corrected chi connectivity index (χ0v) is 10.3. The Labute approximate surface area is 93.1 Å². The molecule has 3 atom stereocenters. The van der Waals surface area contributed by atoms with Gasteiger partial charge in [0.1, 0.15) is 0 Å². The van der Waals surface area contributed by atoms with E-state index in [1.165, 1.54) is 0 Å². The minimum Gasteiger partial charge on any atom is -0.481 e. The van der Waals surface area contributed by atoms with Crippen molar-refractivity contribution in [3.63, 3.8) is 0 Å². The molecule has 1 fully saturated rings. The quantitative estimate of drug-likeness (QED) is 0.754. The van der Waals surface area contributed by atoms with E-state index in [9.17, 15) is 9.90 Å². The Morgan fingerprint density at radius 3 is 2.60 bits per heavy atom. The summed E-state index contributed by atoms with van der Waals surface area (Å²) in [6.45, 7) is 6.49. The second kappa shape index (κ2) is 5.00. The number of aliphatic carboxylic acids is 1. The minimum absolute atomic E-state index is 0.393. The van der Waals surface area contributed by atoms with Gasteiger partial charge in [0.2, 0.25) is 0 Å². The Morgan fingerprint density at radius 1 is 1.53 bits per heavy atom. The number of rotatable bonds is 5. The molecule has 1 aliphatic rings. The molecule has 0 aromatic heterocycles. The molecule has 1 N–H and O–H groups in total. The van der Waals surface area contributed by atoms with E-state index in [1.54, 1.807) is 0 Å². The van der Waals surface area contributed by atoms with Crippen molar-refractivity contribution < 1.29 is 9.90 Å². The van der Waals surface area contributed by atoms with Crippen LogP contribution in [0.3, 0.4) is 0 Å². The third-order valence-corrected chi connectivity index (χ3v) is 4.18. The lowest BCUT2D eigenvalue weighted by molar-refractivity contribution is -0.150. The molecule has 0 aromatic rings. The van der Waals surface area contributed by atoms with Gasteiger partial charge in [-0.1, -0.05) is 33.6 Å². The van der Waals surface area contributed by atoms with E-state index in [0.29, 0.717) is 11.8 Å². The van der Waals surface area contributed by atoms with Gasteiger partial charge in [-0.15, -0.1) is 0 Å². The first-order valence-electron chi connectivity index (χ1n) is 6.27. The van der Waals surface area contributed by atoms with Gasteiger partial charge >= 0.3 is 5.97 Å². The first-order chi connectivity index (χ1) is 7.04. The normalized spacial score (nSPS) is 32.9. The predicted molar refractivity (Wildman–Crippen MR) is 61.8 cm³/mol. The fourth-order valence-electron chi connectivity index (χ4n) is 2.86. The molecule has 1 rings (SSSR count). The summed E-state index contributed by atoms with van der Waals surface area (Å²) in [4.78, 5) is 11.4. The van der Waals surface area contributed by atoms with E-state index < -0.39 is 11.4 Å². The van der Waals surface area contributed by atoms with Crippen LogP contribution in [0.5, 0.6) is 0 Å². The molecule has 0 aliphatic heterocycles. The molecule has 0 aromatic carbocycles. The van der Waals surface area contributed by atoms with E-state index in [-0.39, 0.29) is 0 Å². The molecule has 0 heterocycles. The summed E-state index contributed by atoms with van der Waals surface area (Å²) in [5.74, 6) is 0.626. The van der Waals surface area contributed by atoms with E-state index in [0.717, 1.165) is 38.5 Å². The van der Waals surface area contributed by atoms with Crippen LogP contribution in [-0.2, 0) is 4.79 Å². The van der Waals surface area contributed by atoms with Crippen molar-refractivity contribution in [3.05, 3.63) is 0 Å². The highest BCUT2D eigenvalue weighted by molar-refractivity contribution is 5.75. The van der Waals surface area contributed by atoms with Crippen molar-refractivity contribution in [2.45, 2.75) is 59.3 Å². The maximum absolute atomic E-state index is 11.4. The molecule has 0 spiro atoms. The molecule has 1 aliphatic carbocycles. The maximum atomic E-state index is 11.4. The molecular weight excluding hydrogens is 188 g/mol. The van der Waals surface area contributed by atoms with Crippen molar-refractivity contribution in [2.75, 3.05) is 0 Å². The summed E-state index contributed by atoms with van der Waals surface area (Å²) in [5, 5.41) is 9.42. The highest BCUT2D eigenvalue weighted by Crippen LogP contribution is 2.47. The molecule has 88 valence electrons. The average molecular weight is 212 g/mol. The van der Waals surface area contributed by atoms with Crippen LogP contribution >= 0.6 is 0 Å². The van der Waals surface area contributed by atoms with Crippen LogP contribution in [0.4, 0.5) is 0 Å². The second-order valence-corrected chi connectivity index (χ2v) is 5.32. The topological polar surface area (TPSA) is 37.3 Å². The minimum atomic E-state index is -0.557. The van der Waals surface area contributed by atoms with Crippen LogP contribution in [0.15, 0.2) is 0 Å². The van der Waals surface area contributed by atoms with Gasteiger partial charge in [0, 0.05) is 0 Å². The molecule has 2 heteroatoms. The van der Waals surface area contributed by atoms with Gasteiger partial charge in [-0.3, -0.25) is 4.79 Å². The van der Waals surface area contributed by atoms with E-state index >= 15 is 0 Å². The first-order valence-corrected chi connectivity index (χ1v) is 6.27. The van der Waals surface area contributed by atoms with Crippen LogP contribution < -0.4 is 0 Å². The van der Waals surface area contributed by atoms with Gasteiger partial charge in [0.25, 0.3) is 0 Å². The molecular formula is C13H24O2. The molecule has 1 saturated carbocycles. The summed E-state index contributed by atoms with van der Waals surface area (Å²) in [7, 11) is 0. The Hall–Kier alpha value is -0.530. The Bertz CT molecular complexity index is 225. The zero-order chi connectivity index (χ0) is 11.5. The SMILES string of the molecule is CCC(C)CC1(C(=O)O)CCC(CC)C1. The summed E-state index contributed by atoms with van der Waals surface area (Å²) in [6.07, 6.45) is 6.00. The van der Waals surface area contributed by atoms with Gasteiger partial charge in [0.15, 0.2) is 0 Å². The van der Waals surface area contributed by atoms with Crippen LogP contribution in [0.1, 0.15) is 59.3 Å². The number of hydrogen-bond donors (Lipinski definition) is 1. The summed E-state index contributed by atoms with van der Waals surface area (Å²) >= 11 is 0. The van der Waals surface area contributed by atoms with Crippen molar-refractivity contribution in [2.24, 2.45) is 17.3 Å². The molecule has 15 heavy (non-hydrogen) atoms. The van der Waals surface area contributed by atoms with Gasteiger partial charge < -0.3 is 5.11 Å². The summed E-state index contributed by atoms with van der Waals surface area (Å²) in [6, 6.07) is 0. The average Bonchev–Trinajstić information content (AvgIpc) is 2.62. The van der Waals surface area contributed by atoms with Crippen LogP contribution in [0.25, 0.3) is 0 Å². The van der Waals surface area contributed by atoms with Gasteiger partial charge in [0.05, 0.1) is 5.41 Å². The maximum Gasteiger partial charge on any atom is 0.309 e. The van der Waals surface area contributed by atoms with E-state index in [4.69, 9.17) is 0 Å². The summed E-state index contributed by atoms with van der Waals surface area (Å²) < 4.78 is 0. The Morgan fingerprint density at radius 2 is 2.20 bits per heavy atom. The van der Waals surface area contributed by atoms with Gasteiger partial charge in [-0.2, -0.15) is 0 Å². The molecule has 2 nitrogen and oxygen atoms in total. The lowest BCUT2D eigenvalue weighted by Gasteiger charge is -2.27. The predicted octanol–water partition coefficient (Wildman–Crippen LogP) is 3.70. The van der Waals surface area contributed by atoms with E-state index in [2.05, 4.69) is 20.8 Å². The van der Waals surface area contributed by atoms with Crippen LogP contribution in [0.2, 0.25) is 0 Å². The third kappa shape index (κ3) is 2.73.